The number of aromatic nitrogens is 2. The topological polar surface area (TPSA) is 86.9 Å². The Bertz CT molecular complexity index is 580. The Balaban J connectivity index is 1.67. The van der Waals surface area contributed by atoms with Crippen molar-refractivity contribution in [2.45, 2.75) is 69.1 Å². The highest BCUT2D eigenvalue weighted by atomic mass is 32.2. The van der Waals surface area contributed by atoms with Gasteiger partial charge in [0.2, 0.25) is 0 Å². The maximum absolute atomic E-state index is 12.5. The number of H-pyrrole nitrogens is 1. The lowest BCUT2D eigenvalue weighted by Gasteiger charge is -2.27. The Hall–Kier alpha value is -0.920. The second kappa shape index (κ2) is 6.06. The lowest BCUT2D eigenvalue weighted by molar-refractivity contribution is 0.327. The molecule has 21 heavy (non-hydrogen) atoms. The number of nitrogens with one attached hydrogen (secondary N) is 3. The van der Waals surface area contributed by atoms with Crippen molar-refractivity contribution < 1.29 is 8.42 Å². The smallest absolute Gasteiger partial charge is 0.258 e. The van der Waals surface area contributed by atoms with Gasteiger partial charge in [0.15, 0.2) is 5.03 Å². The van der Waals surface area contributed by atoms with Crippen molar-refractivity contribution >= 4 is 10.0 Å². The van der Waals surface area contributed by atoms with Gasteiger partial charge < -0.3 is 5.32 Å². The van der Waals surface area contributed by atoms with E-state index in [0.29, 0.717) is 18.5 Å². The molecule has 3 N–H and O–H groups in total. The molecule has 2 atom stereocenters. The molecule has 2 fully saturated rings. The number of sulfonamides is 1. The Morgan fingerprint density at radius 3 is 2.81 bits per heavy atom. The van der Waals surface area contributed by atoms with Crippen LogP contribution < -0.4 is 10.0 Å². The molecule has 7 heteroatoms. The van der Waals surface area contributed by atoms with Gasteiger partial charge in [0.25, 0.3) is 10.0 Å². The van der Waals surface area contributed by atoms with Crippen LogP contribution >= 0.6 is 0 Å². The van der Waals surface area contributed by atoms with Crippen LogP contribution in [0.4, 0.5) is 0 Å². The lowest BCUT2D eigenvalue weighted by atomic mass is 9.88. The fourth-order valence-electron chi connectivity index (χ4n) is 3.02. The number of hydrogen-bond donors (Lipinski definition) is 3. The highest BCUT2D eigenvalue weighted by molar-refractivity contribution is 7.89. The summed E-state index contributed by atoms with van der Waals surface area (Å²) in [6, 6.07) is 0.592. The standard InChI is InChI=1S/C14H24N4O2S/c1-10-3-2-4-13(7-10)18-21(19,20)14-11(9-16-17-14)8-15-12-5-6-12/h9-10,12-13,15,18H,2-8H2,1H3,(H,16,17). The summed E-state index contributed by atoms with van der Waals surface area (Å²) in [6.07, 6.45) is 8.09. The van der Waals surface area contributed by atoms with Gasteiger partial charge in [-0.25, -0.2) is 13.1 Å². The highest BCUT2D eigenvalue weighted by Crippen LogP contribution is 2.25. The van der Waals surface area contributed by atoms with Gasteiger partial charge in [0, 0.05) is 24.2 Å². The van der Waals surface area contributed by atoms with Gasteiger partial charge in [-0.3, -0.25) is 5.10 Å². The van der Waals surface area contributed by atoms with Crippen molar-refractivity contribution in [3.05, 3.63) is 11.8 Å². The third-order valence-electron chi connectivity index (χ3n) is 4.36. The van der Waals surface area contributed by atoms with E-state index in [9.17, 15) is 8.42 Å². The molecule has 0 amide bonds. The second-order valence-corrected chi connectivity index (χ2v) is 8.12. The van der Waals surface area contributed by atoms with Crippen LogP contribution in [0.3, 0.4) is 0 Å². The average molecular weight is 312 g/mol. The third kappa shape index (κ3) is 3.84. The monoisotopic (exact) mass is 312 g/mol. The van der Waals surface area contributed by atoms with E-state index in [-0.39, 0.29) is 11.1 Å². The van der Waals surface area contributed by atoms with E-state index in [4.69, 9.17) is 0 Å². The zero-order valence-corrected chi connectivity index (χ0v) is 13.2. The van der Waals surface area contributed by atoms with Crippen molar-refractivity contribution in [3.8, 4) is 0 Å². The van der Waals surface area contributed by atoms with Crippen molar-refractivity contribution in [1.82, 2.24) is 20.2 Å². The lowest BCUT2D eigenvalue weighted by Crippen LogP contribution is -2.38. The SMILES string of the molecule is CC1CCCC(NS(=O)(=O)c2[nH]ncc2CNC2CC2)C1. The number of nitrogens with zero attached hydrogens (tertiary/aromatic N) is 1. The minimum absolute atomic E-state index is 0.0475. The molecular formula is C14H24N4O2S. The first-order valence-corrected chi connectivity index (χ1v) is 9.31. The molecule has 0 saturated heterocycles. The van der Waals surface area contributed by atoms with Crippen molar-refractivity contribution in [2.75, 3.05) is 0 Å². The number of rotatable bonds is 6. The summed E-state index contributed by atoms with van der Waals surface area (Å²) < 4.78 is 27.9. The largest absolute Gasteiger partial charge is 0.310 e. The molecule has 0 spiro atoms. The summed E-state index contributed by atoms with van der Waals surface area (Å²) in [5.41, 5.74) is 0.721. The predicted molar refractivity (Wildman–Crippen MR) is 80.2 cm³/mol. The molecule has 1 aromatic heterocycles. The number of hydrogen-bond acceptors (Lipinski definition) is 4. The summed E-state index contributed by atoms with van der Waals surface area (Å²) in [5.74, 6) is 0.587. The van der Waals surface area contributed by atoms with Gasteiger partial charge in [-0.2, -0.15) is 5.10 Å². The van der Waals surface area contributed by atoms with Gasteiger partial charge in [-0.05, 0) is 31.6 Å². The van der Waals surface area contributed by atoms with Gasteiger partial charge in [0.05, 0.1) is 6.20 Å². The normalized spacial score (nSPS) is 26.9. The molecule has 0 aromatic carbocycles. The van der Waals surface area contributed by atoms with E-state index >= 15 is 0 Å². The van der Waals surface area contributed by atoms with Crippen LogP contribution in [0.25, 0.3) is 0 Å². The molecule has 0 bridgehead atoms. The Labute approximate surface area is 126 Å². The summed E-state index contributed by atoms with van der Waals surface area (Å²) >= 11 is 0. The predicted octanol–water partition coefficient (Wildman–Crippen LogP) is 1.52. The van der Waals surface area contributed by atoms with E-state index in [1.165, 1.54) is 19.3 Å². The molecule has 0 aliphatic heterocycles. The van der Waals surface area contributed by atoms with E-state index in [2.05, 4.69) is 27.2 Å². The highest BCUT2D eigenvalue weighted by Gasteiger charge is 2.28. The summed E-state index contributed by atoms with van der Waals surface area (Å²) in [5, 5.41) is 10.1. The van der Waals surface area contributed by atoms with Crippen molar-refractivity contribution in [2.24, 2.45) is 5.92 Å². The van der Waals surface area contributed by atoms with Gasteiger partial charge in [-0.1, -0.05) is 19.8 Å². The van der Waals surface area contributed by atoms with Crippen LogP contribution in [0.2, 0.25) is 0 Å². The fourth-order valence-corrected chi connectivity index (χ4v) is 4.43. The molecule has 1 heterocycles. The van der Waals surface area contributed by atoms with Gasteiger partial charge in [0.1, 0.15) is 0 Å². The van der Waals surface area contributed by atoms with Gasteiger partial charge >= 0.3 is 0 Å². The molecule has 3 rings (SSSR count). The molecule has 118 valence electrons. The van der Waals surface area contributed by atoms with Crippen molar-refractivity contribution in [1.29, 1.82) is 0 Å². The quantitative estimate of drug-likeness (QED) is 0.743. The molecule has 2 saturated carbocycles. The molecule has 2 aliphatic carbocycles. The third-order valence-corrected chi connectivity index (χ3v) is 5.90. The number of aromatic amines is 1. The minimum Gasteiger partial charge on any atom is -0.310 e. The Morgan fingerprint density at radius 1 is 1.29 bits per heavy atom. The Kier molecular flexibility index (Phi) is 4.33. The molecule has 1 aromatic rings. The maximum Gasteiger partial charge on any atom is 0.258 e. The van der Waals surface area contributed by atoms with Crippen LogP contribution in [0.15, 0.2) is 11.2 Å². The summed E-state index contributed by atoms with van der Waals surface area (Å²) in [4.78, 5) is 0. The zero-order chi connectivity index (χ0) is 14.9. The van der Waals surface area contributed by atoms with E-state index in [1.54, 1.807) is 6.20 Å². The Morgan fingerprint density at radius 2 is 2.10 bits per heavy atom. The first-order valence-electron chi connectivity index (χ1n) is 7.82. The first-order chi connectivity index (χ1) is 10.0. The first kappa shape index (κ1) is 15.0. The minimum atomic E-state index is -3.51. The van der Waals surface area contributed by atoms with Crippen LogP contribution in [0, 0.1) is 5.92 Å². The van der Waals surface area contributed by atoms with Crippen LogP contribution in [-0.4, -0.2) is 30.7 Å². The zero-order valence-electron chi connectivity index (χ0n) is 12.4. The van der Waals surface area contributed by atoms with Gasteiger partial charge in [-0.15, -0.1) is 0 Å². The molecule has 2 unspecified atom stereocenters. The summed E-state index contributed by atoms with van der Waals surface area (Å²) in [6.45, 7) is 2.74. The van der Waals surface area contributed by atoms with Crippen LogP contribution in [0.1, 0.15) is 51.0 Å². The molecular weight excluding hydrogens is 288 g/mol. The van der Waals surface area contributed by atoms with E-state index in [0.717, 1.165) is 24.8 Å². The molecule has 6 nitrogen and oxygen atoms in total. The van der Waals surface area contributed by atoms with E-state index in [1.807, 2.05) is 0 Å². The maximum atomic E-state index is 12.5. The molecule has 2 aliphatic rings. The summed E-state index contributed by atoms with van der Waals surface area (Å²) in [7, 11) is -3.51. The van der Waals surface area contributed by atoms with Crippen LogP contribution in [-0.2, 0) is 16.6 Å². The average Bonchev–Trinajstić information content (AvgIpc) is 3.12. The molecule has 0 radical (unpaired) electrons. The van der Waals surface area contributed by atoms with Crippen molar-refractivity contribution in [3.63, 3.8) is 0 Å². The van der Waals surface area contributed by atoms with E-state index < -0.39 is 10.0 Å². The fraction of sp³-hybridized carbons (Fsp3) is 0.786. The van der Waals surface area contributed by atoms with Crippen LogP contribution in [0.5, 0.6) is 0 Å². The second-order valence-electron chi connectivity index (χ2n) is 6.47.